The highest BCUT2D eigenvalue weighted by Gasteiger charge is 2.77. The topological polar surface area (TPSA) is 59.1 Å². The molecule has 0 bridgehead atoms. The Hall–Kier alpha value is -0.870. The summed E-state index contributed by atoms with van der Waals surface area (Å²) in [6.45, 7) is 6.22. The SMILES string of the molecule is CC(=O)O[C@@H]1CC[C@]2(C)C(=CC[C@@H]3[C@H]4C[C@H]5O[C@@]5(O)[C@@]4(C)CC[C@@H]32)C1. The number of hydrogen-bond donors (Lipinski definition) is 1. The van der Waals surface area contributed by atoms with Gasteiger partial charge in [0.25, 0.3) is 0 Å². The molecule has 0 aromatic carbocycles. The molecule has 4 fully saturated rings. The van der Waals surface area contributed by atoms with Crippen LogP contribution in [-0.4, -0.2) is 29.1 Å². The molecule has 25 heavy (non-hydrogen) atoms. The standard InChI is InChI=1S/C21H30O4/c1-12(22)24-14-6-8-19(2)13(10-14)4-5-15-16(19)7-9-20(3)17(15)11-18-21(20,23)25-18/h4,14-18,23H,5-11H2,1-3H3/t14-,15+,16+,17-,18-,19-,20+,21-/m1/s1. The molecule has 1 aliphatic heterocycles. The third-order valence-electron chi connectivity index (χ3n) is 8.77. The number of ether oxygens (including phenoxy) is 2. The summed E-state index contributed by atoms with van der Waals surface area (Å²) in [6.07, 6.45) is 10.0. The summed E-state index contributed by atoms with van der Waals surface area (Å²) in [6, 6.07) is 0. The molecule has 138 valence electrons. The lowest BCUT2D eigenvalue weighted by atomic mass is 9.47. The Bertz CT molecular complexity index is 656. The number of fused-ring (bicyclic) bond motifs is 7. The molecule has 8 atom stereocenters. The molecule has 0 aromatic rings. The maximum atomic E-state index is 11.3. The molecule has 4 nitrogen and oxygen atoms in total. The van der Waals surface area contributed by atoms with Gasteiger partial charge < -0.3 is 14.6 Å². The van der Waals surface area contributed by atoms with Gasteiger partial charge in [0.05, 0.1) is 0 Å². The second-order valence-corrected chi connectivity index (χ2v) is 9.73. The third-order valence-corrected chi connectivity index (χ3v) is 8.77. The monoisotopic (exact) mass is 346 g/mol. The van der Waals surface area contributed by atoms with Crippen LogP contribution in [-0.2, 0) is 14.3 Å². The first-order chi connectivity index (χ1) is 11.8. The molecule has 0 spiro atoms. The number of rotatable bonds is 1. The fourth-order valence-electron chi connectivity index (χ4n) is 7.29. The molecule has 0 unspecified atom stereocenters. The Kier molecular flexibility index (Phi) is 3.19. The number of allylic oxidation sites excluding steroid dienone is 1. The Morgan fingerprint density at radius 3 is 2.84 bits per heavy atom. The average Bonchev–Trinajstić information content (AvgIpc) is 3.16. The van der Waals surface area contributed by atoms with E-state index in [9.17, 15) is 9.90 Å². The number of carbonyl (C=O) groups excluding carboxylic acids is 1. The van der Waals surface area contributed by atoms with Crippen LogP contribution >= 0.6 is 0 Å². The van der Waals surface area contributed by atoms with Gasteiger partial charge in [-0.3, -0.25) is 4.79 Å². The molecular weight excluding hydrogens is 316 g/mol. The first-order valence-electron chi connectivity index (χ1n) is 10.0. The van der Waals surface area contributed by atoms with E-state index in [0.717, 1.165) is 38.5 Å². The summed E-state index contributed by atoms with van der Waals surface area (Å²) >= 11 is 0. The number of carbonyl (C=O) groups is 1. The molecule has 0 aromatic heterocycles. The Morgan fingerprint density at radius 1 is 1.28 bits per heavy atom. The molecule has 1 saturated heterocycles. The Balaban J connectivity index is 1.42. The molecule has 1 heterocycles. The van der Waals surface area contributed by atoms with Crippen LogP contribution in [0.1, 0.15) is 65.7 Å². The van der Waals surface area contributed by atoms with Crippen molar-refractivity contribution in [3.05, 3.63) is 11.6 Å². The second-order valence-electron chi connectivity index (χ2n) is 9.73. The van der Waals surface area contributed by atoms with Gasteiger partial charge in [0.15, 0.2) is 5.79 Å². The van der Waals surface area contributed by atoms with E-state index in [0.29, 0.717) is 17.8 Å². The molecule has 4 heteroatoms. The molecule has 3 saturated carbocycles. The van der Waals surface area contributed by atoms with Gasteiger partial charge in [-0.25, -0.2) is 0 Å². The summed E-state index contributed by atoms with van der Waals surface area (Å²) in [7, 11) is 0. The lowest BCUT2D eigenvalue weighted by Gasteiger charge is -2.58. The summed E-state index contributed by atoms with van der Waals surface area (Å²) in [4.78, 5) is 11.3. The van der Waals surface area contributed by atoms with E-state index in [4.69, 9.17) is 9.47 Å². The van der Waals surface area contributed by atoms with Crippen LogP contribution in [0.2, 0.25) is 0 Å². The number of esters is 1. The molecular formula is C21H30O4. The zero-order chi connectivity index (χ0) is 17.6. The second kappa shape index (κ2) is 4.89. The number of aliphatic hydroxyl groups is 1. The zero-order valence-corrected chi connectivity index (χ0v) is 15.6. The van der Waals surface area contributed by atoms with Crippen LogP contribution in [0.15, 0.2) is 11.6 Å². The van der Waals surface area contributed by atoms with E-state index >= 15 is 0 Å². The molecule has 4 aliphatic carbocycles. The van der Waals surface area contributed by atoms with Gasteiger partial charge in [0, 0.05) is 18.8 Å². The van der Waals surface area contributed by atoms with Crippen LogP contribution in [0.25, 0.3) is 0 Å². The predicted molar refractivity (Wildman–Crippen MR) is 92.5 cm³/mol. The minimum atomic E-state index is -0.833. The quantitative estimate of drug-likeness (QED) is 0.448. The lowest BCUT2D eigenvalue weighted by Crippen LogP contribution is -2.53. The Labute approximate surface area is 150 Å². The fraction of sp³-hybridized carbons (Fsp3) is 0.857. The van der Waals surface area contributed by atoms with Crippen molar-refractivity contribution in [1.82, 2.24) is 0 Å². The van der Waals surface area contributed by atoms with Crippen molar-refractivity contribution in [1.29, 1.82) is 0 Å². The van der Waals surface area contributed by atoms with Crippen molar-refractivity contribution in [3.8, 4) is 0 Å². The maximum Gasteiger partial charge on any atom is 0.302 e. The van der Waals surface area contributed by atoms with Crippen molar-refractivity contribution in [2.45, 2.75) is 83.7 Å². The van der Waals surface area contributed by atoms with Crippen molar-refractivity contribution in [2.75, 3.05) is 0 Å². The van der Waals surface area contributed by atoms with Crippen molar-refractivity contribution in [3.63, 3.8) is 0 Å². The van der Waals surface area contributed by atoms with Crippen LogP contribution in [0, 0.1) is 28.6 Å². The van der Waals surface area contributed by atoms with Crippen LogP contribution in [0.5, 0.6) is 0 Å². The summed E-state index contributed by atoms with van der Waals surface area (Å²) in [5.74, 6) is 0.953. The summed E-state index contributed by atoms with van der Waals surface area (Å²) in [5.41, 5.74) is 1.71. The van der Waals surface area contributed by atoms with Crippen molar-refractivity contribution < 1.29 is 19.4 Å². The maximum absolute atomic E-state index is 11.3. The molecule has 1 N–H and O–H groups in total. The summed E-state index contributed by atoms with van der Waals surface area (Å²) in [5, 5.41) is 10.8. The van der Waals surface area contributed by atoms with Gasteiger partial charge in [-0.05, 0) is 61.7 Å². The largest absolute Gasteiger partial charge is 0.462 e. The highest BCUT2D eigenvalue weighted by molar-refractivity contribution is 5.66. The van der Waals surface area contributed by atoms with Gasteiger partial charge in [-0.2, -0.15) is 0 Å². The van der Waals surface area contributed by atoms with Crippen molar-refractivity contribution in [2.24, 2.45) is 28.6 Å². The first-order valence-corrected chi connectivity index (χ1v) is 10.0. The third kappa shape index (κ3) is 1.98. The predicted octanol–water partition coefficient (Wildman–Crippen LogP) is 3.58. The average molecular weight is 346 g/mol. The number of epoxide rings is 1. The van der Waals surface area contributed by atoms with E-state index in [2.05, 4.69) is 19.9 Å². The van der Waals surface area contributed by atoms with Crippen molar-refractivity contribution >= 4 is 5.97 Å². The zero-order valence-electron chi connectivity index (χ0n) is 15.6. The van der Waals surface area contributed by atoms with E-state index in [1.54, 1.807) is 0 Å². The van der Waals surface area contributed by atoms with Gasteiger partial charge >= 0.3 is 5.97 Å². The summed E-state index contributed by atoms with van der Waals surface area (Å²) < 4.78 is 11.2. The van der Waals surface area contributed by atoms with Crippen LogP contribution < -0.4 is 0 Å². The number of hydrogen-bond acceptors (Lipinski definition) is 4. The molecule has 0 radical (unpaired) electrons. The molecule has 5 rings (SSSR count). The highest BCUT2D eigenvalue weighted by atomic mass is 16.7. The van der Waals surface area contributed by atoms with E-state index in [-0.39, 0.29) is 29.0 Å². The molecule has 5 aliphatic rings. The van der Waals surface area contributed by atoms with Crippen LogP contribution in [0.4, 0.5) is 0 Å². The highest BCUT2D eigenvalue weighted by Crippen LogP contribution is 2.72. The van der Waals surface area contributed by atoms with Gasteiger partial charge in [0.1, 0.15) is 12.2 Å². The van der Waals surface area contributed by atoms with Gasteiger partial charge in [0.2, 0.25) is 0 Å². The minimum Gasteiger partial charge on any atom is -0.462 e. The van der Waals surface area contributed by atoms with Crippen LogP contribution in [0.3, 0.4) is 0 Å². The lowest BCUT2D eigenvalue weighted by molar-refractivity contribution is -0.155. The smallest absolute Gasteiger partial charge is 0.302 e. The van der Waals surface area contributed by atoms with Gasteiger partial charge in [-0.1, -0.05) is 25.5 Å². The minimum absolute atomic E-state index is 0.0600. The fourth-order valence-corrected chi connectivity index (χ4v) is 7.29. The van der Waals surface area contributed by atoms with E-state index in [1.165, 1.54) is 18.9 Å². The first kappa shape index (κ1) is 16.3. The molecule has 0 amide bonds. The van der Waals surface area contributed by atoms with E-state index < -0.39 is 5.79 Å². The Morgan fingerprint density at radius 2 is 2.08 bits per heavy atom. The normalized spacial score (nSPS) is 56.0. The van der Waals surface area contributed by atoms with E-state index in [1.807, 2.05) is 0 Å². The van der Waals surface area contributed by atoms with Gasteiger partial charge in [-0.15, -0.1) is 0 Å².